The van der Waals surface area contributed by atoms with Crippen LogP contribution in [0.15, 0.2) is 28.3 Å². The number of halogens is 1. The largest absolute Gasteiger partial charge is 0.365 e. The molecule has 0 fully saturated rings. The number of nitrogens with one attached hydrogen (secondary N) is 1. The van der Waals surface area contributed by atoms with Gasteiger partial charge in [-0.3, -0.25) is 4.98 Å². The molecular weight excluding hydrogens is 286 g/mol. The van der Waals surface area contributed by atoms with Crippen molar-refractivity contribution in [2.75, 3.05) is 12.4 Å². The molecule has 0 aliphatic rings. The Balaban J connectivity index is 2.02. The molecule has 0 unspecified atom stereocenters. The summed E-state index contributed by atoms with van der Waals surface area (Å²) in [5.74, 6) is 0. The van der Waals surface area contributed by atoms with E-state index < -0.39 is 0 Å². The van der Waals surface area contributed by atoms with Gasteiger partial charge in [-0.25, -0.2) is 4.98 Å². The number of aryl methyl sites for hydroxylation is 2. The molecule has 0 aliphatic heterocycles. The molecule has 16 heavy (non-hydrogen) atoms. The maximum absolute atomic E-state index is 4.49. The molecule has 0 spiro atoms. The maximum Gasteiger partial charge on any atom is 0.183 e. The molecule has 84 valence electrons. The van der Waals surface area contributed by atoms with Crippen molar-refractivity contribution in [1.29, 1.82) is 0 Å². The Morgan fingerprint density at radius 3 is 2.69 bits per heavy atom. The molecule has 0 amide bonds. The molecule has 1 N–H and O–H groups in total. The zero-order valence-corrected chi connectivity index (χ0v) is 11.3. The standard InChI is InChI=1S/C11H12BrN3S/c1-13-11-15-9(10(12)16-11)3-2-8-4-6-14-7-5-8/h4-7H,2-3H2,1H3,(H,13,15). The highest BCUT2D eigenvalue weighted by atomic mass is 79.9. The molecular formula is C11H12BrN3S. The van der Waals surface area contributed by atoms with Crippen LogP contribution in [0.25, 0.3) is 0 Å². The molecule has 0 saturated carbocycles. The predicted octanol–water partition coefficient (Wildman–Crippen LogP) is 3.13. The second-order valence-electron chi connectivity index (χ2n) is 3.34. The summed E-state index contributed by atoms with van der Waals surface area (Å²) in [6.07, 6.45) is 5.59. The number of pyridine rings is 1. The van der Waals surface area contributed by atoms with Crippen LogP contribution in [-0.2, 0) is 12.8 Å². The Morgan fingerprint density at radius 1 is 1.31 bits per heavy atom. The molecule has 3 nitrogen and oxygen atoms in total. The van der Waals surface area contributed by atoms with Gasteiger partial charge in [0.15, 0.2) is 5.13 Å². The van der Waals surface area contributed by atoms with Crippen LogP contribution in [0.2, 0.25) is 0 Å². The third kappa shape index (κ3) is 2.80. The first-order chi connectivity index (χ1) is 7.79. The summed E-state index contributed by atoms with van der Waals surface area (Å²) in [5.41, 5.74) is 2.41. The molecule has 2 heterocycles. The highest BCUT2D eigenvalue weighted by Crippen LogP contribution is 2.28. The Kier molecular flexibility index (Phi) is 3.90. The van der Waals surface area contributed by atoms with Gasteiger partial charge in [0, 0.05) is 19.4 Å². The summed E-state index contributed by atoms with van der Waals surface area (Å²) in [4.78, 5) is 8.49. The Bertz CT molecular complexity index is 456. The van der Waals surface area contributed by atoms with Crippen molar-refractivity contribution in [3.8, 4) is 0 Å². The number of hydrogen-bond donors (Lipinski definition) is 1. The zero-order valence-electron chi connectivity index (χ0n) is 8.90. The summed E-state index contributed by atoms with van der Waals surface area (Å²) >= 11 is 5.17. The summed E-state index contributed by atoms with van der Waals surface area (Å²) in [6, 6.07) is 4.08. The Morgan fingerprint density at radius 2 is 2.06 bits per heavy atom. The van der Waals surface area contributed by atoms with Crippen LogP contribution in [0.5, 0.6) is 0 Å². The monoisotopic (exact) mass is 297 g/mol. The quantitative estimate of drug-likeness (QED) is 0.942. The van der Waals surface area contributed by atoms with Crippen LogP contribution in [0.4, 0.5) is 5.13 Å². The SMILES string of the molecule is CNc1nc(CCc2ccncc2)c(Br)s1. The third-order valence-corrected chi connectivity index (χ3v) is 4.11. The van der Waals surface area contributed by atoms with Crippen molar-refractivity contribution in [2.45, 2.75) is 12.8 Å². The molecule has 0 saturated heterocycles. The summed E-state index contributed by atoms with van der Waals surface area (Å²) in [6.45, 7) is 0. The lowest BCUT2D eigenvalue weighted by atomic mass is 10.1. The van der Waals surface area contributed by atoms with Crippen LogP contribution >= 0.6 is 27.3 Å². The minimum absolute atomic E-state index is 0.947. The van der Waals surface area contributed by atoms with E-state index in [4.69, 9.17) is 0 Å². The molecule has 2 rings (SSSR count). The highest BCUT2D eigenvalue weighted by molar-refractivity contribution is 9.11. The van der Waals surface area contributed by atoms with E-state index in [2.05, 4.69) is 31.2 Å². The van der Waals surface area contributed by atoms with Gasteiger partial charge in [0.2, 0.25) is 0 Å². The Hall–Kier alpha value is -0.940. The fourth-order valence-corrected chi connectivity index (χ4v) is 2.85. The number of hydrogen-bond acceptors (Lipinski definition) is 4. The van der Waals surface area contributed by atoms with Crippen molar-refractivity contribution >= 4 is 32.4 Å². The zero-order chi connectivity index (χ0) is 11.4. The van der Waals surface area contributed by atoms with Crippen molar-refractivity contribution in [1.82, 2.24) is 9.97 Å². The van der Waals surface area contributed by atoms with E-state index in [1.54, 1.807) is 11.3 Å². The van der Waals surface area contributed by atoms with Crippen molar-refractivity contribution in [3.63, 3.8) is 0 Å². The van der Waals surface area contributed by atoms with Crippen LogP contribution < -0.4 is 5.32 Å². The summed E-state index contributed by atoms with van der Waals surface area (Å²) in [7, 11) is 1.89. The van der Waals surface area contributed by atoms with Gasteiger partial charge in [-0.2, -0.15) is 0 Å². The van der Waals surface area contributed by atoms with Gasteiger partial charge in [0.1, 0.15) is 0 Å². The molecule has 0 aliphatic carbocycles. The van der Waals surface area contributed by atoms with Crippen LogP contribution in [-0.4, -0.2) is 17.0 Å². The number of anilines is 1. The minimum Gasteiger partial charge on any atom is -0.365 e. The first kappa shape index (κ1) is 11.5. The van der Waals surface area contributed by atoms with Gasteiger partial charge < -0.3 is 5.32 Å². The van der Waals surface area contributed by atoms with Gasteiger partial charge in [-0.15, -0.1) is 0 Å². The molecule has 0 aromatic carbocycles. The smallest absolute Gasteiger partial charge is 0.183 e. The van der Waals surface area contributed by atoms with E-state index in [9.17, 15) is 0 Å². The lowest BCUT2D eigenvalue weighted by Crippen LogP contribution is -1.93. The highest BCUT2D eigenvalue weighted by Gasteiger charge is 2.07. The molecule has 2 aromatic heterocycles. The first-order valence-corrected chi connectivity index (χ1v) is 6.62. The molecule has 2 aromatic rings. The van der Waals surface area contributed by atoms with E-state index in [0.29, 0.717) is 0 Å². The first-order valence-electron chi connectivity index (χ1n) is 5.01. The number of thiazole rings is 1. The number of nitrogens with zero attached hydrogens (tertiary/aromatic N) is 2. The number of rotatable bonds is 4. The number of aromatic nitrogens is 2. The van der Waals surface area contributed by atoms with E-state index in [1.165, 1.54) is 5.56 Å². The normalized spacial score (nSPS) is 10.4. The second kappa shape index (κ2) is 5.41. The summed E-state index contributed by atoms with van der Waals surface area (Å²) in [5, 5.41) is 4.01. The van der Waals surface area contributed by atoms with Gasteiger partial charge in [0.05, 0.1) is 9.48 Å². The average Bonchev–Trinajstić information content (AvgIpc) is 2.69. The second-order valence-corrected chi connectivity index (χ2v) is 5.66. The molecule has 5 heteroatoms. The van der Waals surface area contributed by atoms with Gasteiger partial charge in [-0.05, 0) is 46.5 Å². The van der Waals surface area contributed by atoms with Crippen molar-refractivity contribution in [2.24, 2.45) is 0 Å². The lowest BCUT2D eigenvalue weighted by molar-refractivity contribution is 0.918. The molecule has 0 bridgehead atoms. The Labute approximate surface area is 107 Å². The van der Waals surface area contributed by atoms with E-state index in [-0.39, 0.29) is 0 Å². The average molecular weight is 298 g/mol. The minimum atomic E-state index is 0.947. The van der Waals surface area contributed by atoms with Crippen LogP contribution in [0.1, 0.15) is 11.3 Å². The fraction of sp³-hybridized carbons (Fsp3) is 0.273. The fourth-order valence-electron chi connectivity index (χ4n) is 1.41. The van der Waals surface area contributed by atoms with Crippen molar-refractivity contribution in [3.05, 3.63) is 39.6 Å². The molecule has 0 atom stereocenters. The summed E-state index contributed by atoms with van der Waals surface area (Å²) < 4.78 is 1.12. The van der Waals surface area contributed by atoms with Crippen molar-refractivity contribution < 1.29 is 0 Å². The van der Waals surface area contributed by atoms with Gasteiger partial charge in [0.25, 0.3) is 0 Å². The predicted molar refractivity (Wildman–Crippen MR) is 71.0 cm³/mol. The maximum atomic E-state index is 4.49. The van der Waals surface area contributed by atoms with E-state index in [0.717, 1.165) is 27.5 Å². The third-order valence-electron chi connectivity index (χ3n) is 2.26. The van der Waals surface area contributed by atoms with Crippen LogP contribution in [0.3, 0.4) is 0 Å². The van der Waals surface area contributed by atoms with Crippen LogP contribution in [0, 0.1) is 0 Å². The topological polar surface area (TPSA) is 37.8 Å². The van der Waals surface area contributed by atoms with Gasteiger partial charge >= 0.3 is 0 Å². The van der Waals surface area contributed by atoms with E-state index in [1.807, 2.05) is 31.6 Å². The lowest BCUT2D eigenvalue weighted by Gasteiger charge is -1.98. The molecule has 0 radical (unpaired) electrons. The van der Waals surface area contributed by atoms with Gasteiger partial charge in [-0.1, -0.05) is 11.3 Å². The van der Waals surface area contributed by atoms with E-state index >= 15 is 0 Å².